The van der Waals surface area contributed by atoms with Gasteiger partial charge in [-0.2, -0.15) is 0 Å². The van der Waals surface area contributed by atoms with Crippen LogP contribution in [0.2, 0.25) is 5.02 Å². The number of hydrogen-bond acceptors (Lipinski definition) is 2. The summed E-state index contributed by atoms with van der Waals surface area (Å²) in [4.78, 5) is 0. The number of halogens is 1. The molecule has 0 aliphatic rings. The van der Waals surface area contributed by atoms with Gasteiger partial charge >= 0.3 is 0 Å². The van der Waals surface area contributed by atoms with Crippen LogP contribution >= 0.6 is 11.6 Å². The second kappa shape index (κ2) is 3.40. The molecule has 0 amide bonds. The standard InChI is InChI=1S/C10H9ClO2/c11-8-2-1-3-9-10(8)7(4-5-12)6-13-9/h1-3,6,12H,4-5H2. The van der Waals surface area contributed by atoms with Crippen molar-refractivity contribution in [2.75, 3.05) is 6.61 Å². The highest BCUT2D eigenvalue weighted by atomic mass is 35.5. The molecular formula is C10H9ClO2. The van der Waals surface area contributed by atoms with Gasteiger partial charge in [-0.3, -0.25) is 0 Å². The summed E-state index contributed by atoms with van der Waals surface area (Å²) in [6, 6.07) is 5.53. The van der Waals surface area contributed by atoms with Crippen LogP contribution in [-0.2, 0) is 6.42 Å². The third-order valence-corrected chi connectivity index (χ3v) is 2.32. The molecule has 0 unspecified atom stereocenters. The van der Waals surface area contributed by atoms with Gasteiger partial charge in [0.05, 0.1) is 11.3 Å². The van der Waals surface area contributed by atoms with Gasteiger partial charge in [-0.15, -0.1) is 0 Å². The molecule has 0 aliphatic carbocycles. The molecule has 0 radical (unpaired) electrons. The molecule has 0 aliphatic heterocycles. The Morgan fingerprint density at radius 3 is 3.00 bits per heavy atom. The number of furan rings is 1. The molecular weight excluding hydrogens is 188 g/mol. The Morgan fingerprint density at radius 2 is 2.23 bits per heavy atom. The number of fused-ring (bicyclic) bond motifs is 1. The van der Waals surface area contributed by atoms with Crippen molar-refractivity contribution in [1.29, 1.82) is 0 Å². The second-order valence-corrected chi connectivity index (χ2v) is 3.25. The van der Waals surface area contributed by atoms with E-state index in [1.807, 2.05) is 18.2 Å². The lowest BCUT2D eigenvalue weighted by Crippen LogP contribution is -1.88. The Bertz CT molecular complexity index is 420. The molecule has 3 heteroatoms. The maximum absolute atomic E-state index is 8.80. The van der Waals surface area contributed by atoms with Crippen molar-refractivity contribution >= 4 is 22.6 Å². The fourth-order valence-corrected chi connectivity index (χ4v) is 1.70. The fraction of sp³-hybridized carbons (Fsp3) is 0.200. The minimum absolute atomic E-state index is 0.111. The van der Waals surface area contributed by atoms with Crippen LogP contribution < -0.4 is 0 Å². The van der Waals surface area contributed by atoms with Crippen molar-refractivity contribution in [1.82, 2.24) is 0 Å². The highest BCUT2D eigenvalue weighted by Gasteiger charge is 2.07. The average molecular weight is 197 g/mol. The van der Waals surface area contributed by atoms with E-state index in [0.717, 1.165) is 16.5 Å². The van der Waals surface area contributed by atoms with Gasteiger partial charge in [0.15, 0.2) is 0 Å². The first-order chi connectivity index (χ1) is 6.33. The molecule has 0 atom stereocenters. The van der Waals surface area contributed by atoms with Gasteiger partial charge in [-0.05, 0) is 18.6 Å². The molecule has 13 heavy (non-hydrogen) atoms. The van der Waals surface area contributed by atoms with E-state index in [1.54, 1.807) is 6.26 Å². The van der Waals surface area contributed by atoms with Crippen molar-refractivity contribution in [3.8, 4) is 0 Å². The largest absolute Gasteiger partial charge is 0.464 e. The predicted molar refractivity (Wildman–Crippen MR) is 52.0 cm³/mol. The molecule has 0 bridgehead atoms. The van der Waals surface area contributed by atoms with Gasteiger partial charge in [0.2, 0.25) is 0 Å². The first kappa shape index (κ1) is 8.60. The average Bonchev–Trinajstić information content (AvgIpc) is 2.51. The molecule has 1 heterocycles. The van der Waals surface area contributed by atoms with Crippen LogP contribution in [0.3, 0.4) is 0 Å². The van der Waals surface area contributed by atoms with Gasteiger partial charge in [-0.1, -0.05) is 17.7 Å². The van der Waals surface area contributed by atoms with E-state index < -0.39 is 0 Å². The van der Waals surface area contributed by atoms with E-state index in [9.17, 15) is 0 Å². The zero-order valence-corrected chi connectivity index (χ0v) is 7.71. The lowest BCUT2D eigenvalue weighted by Gasteiger charge is -1.95. The minimum atomic E-state index is 0.111. The smallest absolute Gasteiger partial charge is 0.135 e. The molecule has 2 rings (SSSR count). The van der Waals surface area contributed by atoms with Gasteiger partial charge in [0.25, 0.3) is 0 Å². The van der Waals surface area contributed by atoms with Crippen LogP contribution in [0.5, 0.6) is 0 Å². The number of rotatable bonds is 2. The number of aliphatic hydroxyl groups is 1. The Kier molecular flexibility index (Phi) is 2.25. The molecule has 0 fully saturated rings. The Balaban J connectivity index is 2.64. The Hall–Kier alpha value is -0.990. The topological polar surface area (TPSA) is 33.4 Å². The number of aliphatic hydroxyl groups excluding tert-OH is 1. The Morgan fingerprint density at radius 1 is 1.38 bits per heavy atom. The first-order valence-corrected chi connectivity index (χ1v) is 4.46. The molecule has 2 aromatic rings. The third-order valence-electron chi connectivity index (χ3n) is 2.01. The summed E-state index contributed by atoms with van der Waals surface area (Å²) in [7, 11) is 0. The van der Waals surface area contributed by atoms with Crippen LogP contribution in [0, 0.1) is 0 Å². The maximum atomic E-state index is 8.80. The summed E-state index contributed by atoms with van der Waals surface area (Å²) in [6.45, 7) is 0.111. The number of benzene rings is 1. The van der Waals surface area contributed by atoms with Crippen LogP contribution in [-0.4, -0.2) is 11.7 Å². The molecule has 1 N–H and O–H groups in total. The van der Waals surface area contributed by atoms with Crippen molar-refractivity contribution in [2.45, 2.75) is 6.42 Å². The van der Waals surface area contributed by atoms with E-state index >= 15 is 0 Å². The molecule has 2 nitrogen and oxygen atoms in total. The van der Waals surface area contributed by atoms with Crippen LogP contribution in [0.4, 0.5) is 0 Å². The van der Waals surface area contributed by atoms with Gasteiger partial charge < -0.3 is 9.52 Å². The lowest BCUT2D eigenvalue weighted by molar-refractivity contribution is 0.299. The zero-order valence-electron chi connectivity index (χ0n) is 6.96. The molecule has 0 saturated heterocycles. The van der Waals surface area contributed by atoms with Crippen molar-refractivity contribution in [2.24, 2.45) is 0 Å². The summed E-state index contributed by atoms with van der Waals surface area (Å²) in [6.07, 6.45) is 2.23. The van der Waals surface area contributed by atoms with Crippen molar-refractivity contribution < 1.29 is 9.52 Å². The van der Waals surface area contributed by atoms with E-state index in [4.69, 9.17) is 21.1 Å². The quantitative estimate of drug-likeness (QED) is 0.801. The minimum Gasteiger partial charge on any atom is -0.464 e. The van der Waals surface area contributed by atoms with E-state index in [2.05, 4.69) is 0 Å². The lowest BCUT2D eigenvalue weighted by atomic mass is 10.1. The first-order valence-electron chi connectivity index (χ1n) is 4.08. The fourth-order valence-electron chi connectivity index (χ4n) is 1.41. The molecule has 0 saturated carbocycles. The monoisotopic (exact) mass is 196 g/mol. The van der Waals surface area contributed by atoms with Gasteiger partial charge in [-0.25, -0.2) is 0 Å². The highest BCUT2D eigenvalue weighted by Crippen LogP contribution is 2.28. The predicted octanol–water partition coefficient (Wildman–Crippen LogP) is 2.62. The van der Waals surface area contributed by atoms with Gasteiger partial charge in [0.1, 0.15) is 5.58 Å². The summed E-state index contributed by atoms with van der Waals surface area (Å²) in [5, 5.41) is 10.4. The van der Waals surface area contributed by atoms with Gasteiger partial charge in [0, 0.05) is 17.6 Å². The highest BCUT2D eigenvalue weighted by molar-refractivity contribution is 6.35. The summed E-state index contributed by atoms with van der Waals surface area (Å²) >= 11 is 6.00. The Labute approximate surface area is 80.7 Å². The SMILES string of the molecule is OCCc1coc2cccc(Cl)c12. The number of hydrogen-bond donors (Lipinski definition) is 1. The summed E-state index contributed by atoms with van der Waals surface area (Å²) in [5.74, 6) is 0. The summed E-state index contributed by atoms with van der Waals surface area (Å²) in [5.41, 5.74) is 1.74. The molecule has 68 valence electrons. The van der Waals surface area contributed by atoms with Crippen LogP contribution in [0.15, 0.2) is 28.9 Å². The third kappa shape index (κ3) is 1.43. The second-order valence-electron chi connectivity index (χ2n) is 2.85. The van der Waals surface area contributed by atoms with Crippen molar-refractivity contribution in [3.63, 3.8) is 0 Å². The zero-order chi connectivity index (χ0) is 9.26. The van der Waals surface area contributed by atoms with E-state index in [1.165, 1.54) is 0 Å². The molecule has 1 aromatic carbocycles. The van der Waals surface area contributed by atoms with Crippen LogP contribution in [0.1, 0.15) is 5.56 Å². The van der Waals surface area contributed by atoms with Crippen LogP contribution in [0.25, 0.3) is 11.0 Å². The normalized spacial score (nSPS) is 10.9. The van der Waals surface area contributed by atoms with Crippen molar-refractivity contribution in [3.05, 3.63) is 35.0 Å². The summed E-state index contributed by atoms with van der Waals surface area (Å²) < 4.78 is 5.29. The van der Waals surface area contributed by atoms with E-state index in [0.29, 0.717) is 11.4 Å². The van der Waals surface area contributed by atoms with E-state index in [-0.39, 0.29) is 6.61 Å². The maximum Gasteiger partial charge on any atom is 0.135 e. The molecule has 1 aromatic heterocycles. The molecule has 0 spiro atoms.